The molecule has 0 unspecified atom stereocenters. The van der Waals surface area contributed by atoms with Crippen molar-refractivity contribution in [1.29, 1.82) is 0 Å². The van der Waals surface area contributed by atoms with E-state index >= 15 is 0 Å². The van der Waals surface area contributed by atoms with E-state index in [1.165, 1.54) is 6.20 Å². The second kappa shape index (κ2) is 8.75. The number of para-hydroxylation sites is 2. The minimum absolute atomic E-state index is 0.0112. The highest BCUT2D eigenvalue weighted by atomic mass is 32.2. The van der Waals surface area contributed by atoms with Gasteiger partial charge < -0.3 is 14.5 Å². The maximum absolute atomic E-state index is 12.2. The molecule has 3 rings (SSSR count). The molecule has 0 spiro atoms. The van der Waals surface area contributed by atoms with Gasteiger partial charge in [-0.05, 0) is 26.0 Å². The van der Waals surface area contributed by atoms with E-state index in [0.29, 0.717) is 18.8 Å². The van der Waals surface area contributed by atoms with Crippen LogP contribution in [0, 0.1) is 6.92 Å². The smallest absolute Gasteiger partial charge is 0.259 e. The van der Waals surface area contributed by atoms with E-state index in [-0.39, 0.29) is 23.9 Å². The summed E-state index contributed by atoms with van der Waals surface area (Å²) in [5.74, 6) is 1.30. The van der Waals surface area contributed by atoms with Gasteiger partial charge in [0, 0.05) is 45.7 Å². The number of sulfonamides is 1. The minimum Gasteiger partial charge on any atom is -0.356 e. The van der Waals surface area contributed by atoms with Crippen molar-refractivity contribution in [2.45, 2.75) is 38.3 Å². The maximum atomic E-state index is 12.2. The predicted molar refractivity (Wildman–Crippen MR) is 110 cm³/mol. The van der Waals surface area contributed by atoms with E-state index in [0.717, 1.165) is 23.4 Å². The van der Waals surface area contributed by atoms with Crippen LogP contribution in [-0.2, 0) is 34.8 Å². The number of carbonyl (C=O) groups is 1. The van der Waals surface area contributed by atoms with E-state index in [2.05, 4.69) is 31.5 Å². The molecule has 29 heavy (non-hydrogen) atoms. The number of aryl methyl sites for hydroxylation is 3. The number of imidazole rings is 2. The first-order chi connectivity index (χ1) is 13.8. The molecular weight excluding hydrogens is 392 g/mol. The molecular formula is C19H26N6O3S. The summed E-state index contributed by atoms with van der Waals surface area (Å²) in [5.41, 5.74) is 2.02. The molecule has 2 N–H and O–H groups in total. The van der Waals surface area contributed by atoms with E-state index in [4.69, 9.17) is 0 Å². The predicted octanol–water partition coefficient (Wildman–Crippen LogP) is 1.13. The van der Waals surface area contributed by atoms with Gasteiger partial charge in [-0.3, -0.25) is 4.79 Å². The highest BCUT2D eigenvalue weighted by Crippen LogP contribution is 2.16. The number of nitrogens with one attached hydrogen (secondary N) is 2. The molecule has 2 aromatic heterocycles. The van der Waals surface area contributed by atoms with Crippen molar-refractivity contribution in [3.05, 3.63) is 42.1 Å². The van der Waals surface area contributed by atoms with Crippen molar-refractivity contribution in [3.63, 3.8) is 0 Å². The largest absolute Gasteiger partial charge is 0.356 e. The standard InChI is InChI=1S/C19H26N6O3S/c1-4-25-16-8-6-5-7-15(16)23-17(25)9-11-20-18(26)10-12-21-29(27,28)19-13-24(3)14(2)22-19/h5-8,13,21H,4,9-12H2,1-3H3,(H,20,26). The summed E-state index contributed by atoms with van der Waals surface area (Å²) >= 11 is 0. The van der Waals surface area contributed by atoms with Crippen molar-refractivity contribution in [1.82, 2.24) is 29.1 Å². The molecule has 1 aromatic carbocycles. The van der Waals surface area contributed by atoms with Crippen molar-refractivity contribution < 1.29 is 13.2 Å². The quantitative estimate of drug-likeness (QED) is 0.541. The number of hydrogen-bond donors (Lipinski definition) is 2. The molecule has 0 aliphatic carbocycles. The van der Waals surface area contributed by atoms with E-state index in [1.54, 1.807) is 18.5 Å². The topological polar surface area (TPSA) is 111 Å². The number of nitrogens with zero attached hydrogens (tertiary/aromatic N) is 4. The molecule has 2 heterocycles. The first-order valence-corrected chi connectivity index (χ1v) is 11.0. The van der Waals surface area contributed by atoms with Gasteiger partial charge in [-0.1, -0.05) is 12.1 Å². The summed E-state index contributed by atoms with van der Waals surface area (Å²) in [5, 5.41) is 2.77. The second-order valence-electron chi connectivity index (χ2n) is 6.75. The lowest BCUT2D eigenvalue weighted by atomic mass is 10.3. The number of aromatic nitrogens is 4. The Morgan fingerprint density at radius 3 is 2.62 bits per heavy atom. The molecule has 0 fully saturated rings. The number of hydrogen-bond acceptors (Lipinski definition) is 5. The molecule has 1 amide bonds. The van der Waals surface area contributed by atoms with Gasteiger partial charge in [0.15, 0.2) is 5.03 Å². The zero-order valence-electron chi connectivity index (χ0n) is 16.8. The Bertz CT molecular complexity index is 1100. The number of amides is 1. The Morgan fingerprint density at radius 2 is 1.93 bits per heavy atom. The van der Waals surface area contributed by atoms with Crippen LogP contribution in [0.5, 0.6) is 0 Å². The van der Waals surface area contributed by atoms with Crippen molar-refractivity contribution >= 4 is 27.0 Å². The molecule has 0 saturated heterocycles. The molecule has 0 saturated carbocycles. The van der Waals surface area contributed by atoms with Gasteiger partial charge in [-0.2, -0.15) is 0 Å². The van der Waals surface area contributed by atoms with Gasteiger partial charge in [0.05, 0.1) is 11.0 Å². The number of carbonyl (C=O) groups excluding carboxylic acids is 1. The van der Waals surface area contributed by atoms with Gasteiger partial charge in [0.2, 0.25) is 5.91 Å². The van der Waals surface area contributed by atoms with Gasteiger partial charge in [-0.25, -0.2) is 23.1 Å². The second-order valence-corrected chi connectivity index (χ2v) is 8.46. The molecule has 0 atom stereocenters. The first-order valence-electron chi connectivity index (χ1n) is 9.52. The Kier molecular flexibility index (Phi) is 6.33. The highest BCUT2D eigenvalue weighted by Gasteiger charge is 2.18. The van der Waals surface area contributed by atoms with E-state index < -0.39 is 10.0 Å². The molecule has 3 aromatic rings. The summed E-state index contributed by atoms with van der Waals surface area (Å²) in [7, 11) is -2.00. The SMILES string of the molecule is CCn1c(CCNC(=O)CCNS(=O)(=O)c2cn(C)c(C)n2)nc2ccccc21. The van der Waals surface area contributed by atoms with Crippen LogP contribution < -0.4 is 10.0 Å². The maximum Gasteiger partial charge on any atom is 0.259 e. The lowest BCUT2D eigenvalue weighted by Gasteiger charge is -2.08. The lowest BCUT2D eigenvalue weighted by molar-refractivity contribution is -0.120. The summed E-state index contributed by atoms with van der Waals surface area (Å²) in [6, 6.07) is 7.94. The monoisotopic (exact) mass is 418 g/mol. The summed E-state index contributed by atoms with van der Waals surface area (Å²) in [6.07, 6.45) is 2.10. The van der Waals surface area contributed by atoms with Crippen molar-refractivity contribution in [3.8, 4) is 0 Å². The average molecular weight is 419 g/mol. The molecule has 10 heteroatoms. The first kappa shape index (κ1) is 21.0. The van der Waals surface area contributed by atoms with Crippen LogP contribution in [-0.4, -0.2) is 46.5 Å². The molecule has 9 nitrogen and oxygen atoms in total. The molecule has 0 radical (unpaired) electrons. The van der Waals surface area contributed by atoms with E-state index in [9.17, 15) is 13.2 Å². The molecule has 0 aliphatic rings. The van der Waals surface area contributed by atoms with Gasteiger partial charge >= 0.3 is 0 Å². The van der Waals surface area contributed by atoms with Gasteiger partial charge in [0.25, 0.3) is 10.0 Å². The lowest BCUT2D eigenvalue weighted by Crippen LogP contribution is -2.32. The minimum atomic E-state index is -3.72. The fourth-order valence-electron chi connectivity index (χ4n) is 3.10. The van der Waals surface area contributed by atoms with Crippen LogP contribution in [0.4, 0.5) is 0 Å². The normalized spacial score (nSPS) is 11.8. The number of fused-ring (bicyclic) bond motifs is 1. The van der Waals surface area contributed by atoms with Gasteiger partial charge in [-0.15, -0.1) is 0 Å². The van der Waals surface area contributed by atoms with Crippen LogP contribution in [0.1, 0.15) is 25.0 Å². The summed E-state index contributed by atoms with van der Waals surface area (Å²) in [6.45, 7) is 5.04. The van der Waals surface area contributed by atoms with E-state index in [1.807, 2.05) is 24.3 Å². The molecule has 0 aliphatic heterocycles. The van der Waals surface area contributed by atoms with Crippen LogP contribution in [0.25, 0.3) is 11.0 Å². The Morgan fingerprint density at radius 1 is 1.17 bits per heavy atom. The van der Waals surface area contributed by atoms with Crippen molar-refractivity contribution in [2.75, 3.05) is 13.1 Å². The molecule has 156 valence electrons. The van der Waals surface area contributed by atoms with Crippen LogP contribution in [0.15, 0.2) is 35.5 Å². The summed E-state index contributed by atoms with van der Waals surface area (Å²) < 4.78 is 30.6. The summed E-state index contributed by atoms with van der Waals surface area (Å²) in [4.78, 5) is 20.7. The van der Waals surface area contributed by atoms with Crippen molar-refractivity contribution in [2.24, 2.45) is 7.05 Å². The van der Waals surface area contributed by atoms with Crippen LogP contribution >= 0.6 is 0 Å². The third-order valence-electron chi connectivity index (χ3n) is 4.73. The zero-order valence-corrected chi connectivity index (χ0v) is 17.7. The Balaban J connectivity index is 1.47. The number of rotatable bonds is 9. The van der Waals surface area contributed by atoms with Gasteiger partial charge in [0.1, 0.15) is 11.6 Å². The number of benzene rings is 1. The zero-order chi connectivity index (χ0) is 21.0. The molecule has 0 bridgehead atoms. The third kappa shape index (κ3) is 4.83. The van der Waals surface area contributed by atoms with Crippen LogP contribution in [0.2, 0.25) is 0 Å². The average Bonchev–Trinajstić information content (AvgIpc) is 3.21. The fourth-order valence-corrected chi connectivity index (χ4v) is 4.17. The van der Waals surface area contributed by atoms with Crippen LogP contribution in [0.3, 0.4) is 0 Å². The highest BCUT2D eigenvalue weighted by molar-refractivity contribution is 7.89. The Labute approximate surface area is 170 Å². The third-order valence-corrected chi connectivity index (χ3v) is 6.06. The Hall–Kier alpha value is -2.72. The fraction of sp³-hybridized carbons (Fsp3) is 0.421.